The van der Waals surface area contributed by atoms with Gasteiger partial charge in [0.05, 0.1) is 12.1 Å². The zero-order chi connectivity index (χ0) is 18.1. The predicted molar refractivity (Wildman–Crippen MR) is 99.5 cm³/mol. The van der Waals surface area contributed by atoms with Crippen molar-refractivity contribution < 1.29 is 9.21 Å². The standard InChI is InChI=1S/C20H21N3O3/c1-14-4-2-3-5-16(14)13-23-17-7-6-15(12-18(17)26-20(23)25)19(24)22-10-8-21-9-11-22/h2-7,12,21H,8-11,13H2,1H3. The summed E-state index contributed by atoms with van der Waals surface area (Å²) in [5.74, 6) is -0.433. The summed E-state index contributed by atoms with van der Waals surface area (Å²) in [5.41, 5.74) is 3.90. The molecular weight excluding hydrogens is 330 g/mol. The van der Waals surface area contributed by atoms with Crippen LogP contribution in [0.3, 0.4) is 0 Å². The maximum Gasteiger partial charge on any atom is 0.420 e. The van der Waals surface area contributed by atoms with Crippen LogP contribution in [0.25, 0.3) is 11.1 Å². The van der Waals surface area contributed by atoms with Gasteiger partial charge in [0.2, 0.25) is 0 Å². The largest absolute Gasteiger partial charge is 0.420 e. The first-order valence-corrected chi connectivity index (χ1v) is 8.81. The third kappa shape index (κ3) is 3.04. The number of piperazine rings is 1. The Morgan fingerprint density at radius 3 is 2.69 bits per heavy atom. The highest BCUT2D eigenvalue weighted by Crippen LogP contribution is 2.19. The van der Waals surface area contributed by atoms with Crippen LogP contribution in [0.2, 0.25) is 0 Å². The topological polar surface area (TPSA) is 67.5 Å². The number of hydrogen-bond acceptors (Lipinski definition) is 4. The zero-order valence-electron chi connectivity index (χ0n) is 14.7. The minimum absolute atomic E-state index is 0.0253. The van der Waals surface area contributed by atoms with Crippen molar-refractivity contribution in [3.8, 4) is 0 Å². The molecule has 2 heterocycles. The lowest BCUT2D eigenvalue weighted by atomic mass is 10.1. The molecule has 6 nitrogen and oxygen atoms in total. The Morgan fingerprint density at radius 2 is 1.92 bits per heavy atom. The van der Waals surface area contributed by atoms with E-state index in [1.54, 1.807) is 22.8 Å². The Balaban J connectivity index is 1.67. The van der Waals surface area contributed by atoms with Crippen molar-refractivity contribution in [2.45, 2.75) is 13.5 Å². The number of carbonyl (C=O) groups excluding carboxylic acids is 1. The molecule has 134 valence electrons. The van der Waals surface area contributed by atoms with Crippen LogP contribution >= 0.6 is 0 Å². The third-order valence-corrected chi connectivity index (χ3v) is 4.91. The van der Waals surface area contributed by atoms with Crippen LogP contribution < -0.4 is 11.1 Å². The smallest absolute Gasteiger partial charge is 0.408 e. The molecule has 1 fully saturated rings. The molecular formula is C20H21N3O3. The van der Waals surface area contributed by atoms with Gasteiger partial charge in [-0.1, -0.05) is 24.3 Å². The van der Waals surface area contributed by atoms with Gasteiger partial charge in [0, 0.05) is 31.7 Å². The highest BCUT2D eigenvalue weighted by Gasteiger charge is 2.19. The summed E-state index contributed by atoms with van der Waals surface area (Å²) >= 11 is 0. The van der Waals surface area contributed by atoms with Crippen LogP contribution in [-0.4, -0.2) is 41.6 Å². The van der Waals surface area contributed by atoms with E-state index in [2.05, 4.69) is 5.32 Å². The van der Waals surface area contributed by atoms with Gasteiger partial charge in [-0.3, -0.25) is 9.36 Å². The number of rotatable bonds is 3. The van der Waals surface area contributed by atoms with Crippen LogP contribution in [0.5, 0.6) is 0 Å². The number of aromatic nitrogens is 1. The normalized spacial score (nSPS) is 14.7. The fraction of sp³-hybridized carbons (Fsp3) is 0.300. The van der Waals surface area contributed by atoms with E-state index in [0.717, 1.165) is 24.2 Å². The molecule has 0 atom stereocenters. The summed E-state index contributed by atoms with van der Waals surface area (Å²) in [7, 11) is 0. The molecule has 0 aliphatic carbocycles. The van der Waals surface area contributed by atoms with E-state index in [9.17, 15) is 9.59 Å². The second-order valence-electron chi connectivity index (χ2n) is 6.61. The Bertz CT molecular complexity index is 1010. The maximum atomic E-state index is 12.6. The van der Waals surface area contributed by atoms with Gasteiger partial charge < -0.3 is 14.6 Å². The lowest BCUT2D eigenvalue weighted by Crippen LogP contribution is -2.46. The van der Waals surface area contributed by atoms with Gasteiger partial charge >= 0.3 is 5.76 Å². The minimum Gasteiger partial charge on any atom is -0.408 e. The Kier molecular flexibility index (Phi) is 4.34. The summed E-state index contributed by atoms with van der Waals surface area (Å²) in [6, 6.07) is 13.2. The number of nitrogens with zero attached hydrogens (tertiary/aromatic N) is 2. The molecule has 1 amide bonds. The van der Waals surface area contributed by atoms with E-state index in [1.165, 1.54) is 0 Å². The number of oxazole rings is 1. The van der Waals surface area contributed by atoms with Crippen molar-refractivity contribution in [3.05, 3.63) is 69.7 Å². The molecule has 1 N–H and O–H groups in total. The molecule has 1 aromatic heterocycles. The summed E-state index contributed by atoms with van der Waals surface area (Å²) in [4.78, 5) is 26.8. The monoisotopic (exact) mass is 351 g/mol. The van der Waals surface area contributed by atoms with Gasteiger partial charge in [0.15, 0.2) is 5.58 Å². The average molecular weight is 351 g/mol. The van der Waals surface area contributed by atoms with Gasteiger partial charge in [-0.05, 0) is 36.2 Å². The van der Waals surface area contributed by atoms with Crippen molar-refractivity contribution in [2.75, 3.05) is 26.2 Å². The van der Waals surface area contributed by atoms with E-state index in [0.29, 0.717) is 36.3 Å². The molecule has 2 aromatic carbocycles. The van der Waals surface area contributed by atoms with Crippen LogP contribution in [0.1, 0.15) is 21.5 Å². The highest BCUT2D eigenvalue weighted by atomic mass is 16.4. The fourth-order valence-electron chi connectivity index (χ4n) is 3.36. The molecule has 1 aliphatic rings. The van der Waals surface area contributed by atoms with Gasteiger partial charge in [-0.2, -0.15) is 0 Å². The number of carbonyl (C=O) groups is 1. The first kappa shape index (κ1) is 16.6. The molecule has 0 unspecified atom stereocenters. The zero-order valence-corrected chi connectivity index (χ0v) is 14.7. The molecule has 3 aromatic rings. The Hall–Kier alpha value is -2.86. The molecule has 0 bridgehead atoms. The Morgan fingerprint density at radius 1 is 1.15 bits per heavy atom. The van der Waals surface area contributed by atoms with E-state index in [1.807, 2.05) is 36.1 Å². The van der Waals surface area contributed by atoms with Crippen molar-refractivity contribution in [2.24, 2.45) is 0 Å². The van der Waals surface area contributed by atoms with E-state index in [4.69, 9.17) is 4.42 Å². The quantitative estimate of drug-likeness (QED) is 0.784. The van der Waals surface area contributed by atoms with Crippen LogP contribution in [0.15, 0.2) is 51.7 Å². The molecule has 0 radical (unpaired) electrons. The fourth-order valence-corrected chi connectivity index (χ4v) is 3.36. The average Bonchev–Trinajstić information content (AvgIpc) is 2.98. The number of benzene rings is 2. The summed E-state index contributed by atoms with van der Waals surface area (Å²) in [5, 5.41) is 3.23. The minimum atomic E-state index is -0.407. The van der Waals surface area contributed by atoms with E-state index < -0.39 is 5.76 Å². The SMILES string of the molecule is Cc1ccccc1Cn1c(=O)oc2cc(C(=O)N3CCNCC3)ccc21. The van der Waals surface area contributed by atoms with Crippen LogP contribution in [-0.2, 0) is 6.54 Å². The van der Waals surface area contributed by atoms with Crippen molar-refractivity contribution in [1.82, 2.24) is 14.8 Å². The molecule has 26 heavy (non-hydrogen) atoms. The Labute approximate surface area is 151 Å². The molecule has 6 heteroatoms. The first-order chi connectivity index (χ1) is 12.6. The molecule has 1 aliphatic heterocycles. The number of fused-ring (bicyclic) bond motifs is 1. The molecule has 0 spiro atoms. The van der Waals surface area contributed by atoms with Crippen LogP contribution in [0, 0.1) is 6.92 Å². The summed E-state index contributed by atoms with van der Waals surface area (Å²) < 4.78 is 7.02. The number of hydrogen-bond donors (Lipinski definition) is 1. The van der Waals surface area contributed by atoms with Crippen molar-refractivity contribution in [1.29, 1.82) is 0 Å². The summed E-state index contributed by atoms with van der Waals surface area (Å²) in [6.45, 7) is 5.45. The van der Waals surface area contributed by atoms with Gasteiger partial charge in [-0.15, -0.1) is 0 Å². The lowest BCUT2D eigenvalue weighted by molar-refractivity contribution is 0.0736. The lowest BCUT2D eigenvalue weighted by Gasteiger charge is -2.27. The molecule has 1 saturated heterocycles. The number of aryl methyl sites for hydroxylation is 1. The van der Waals surface area contributed by atoms with Gasteiger partial charge in [0.25, 0.3) is 5.91 Å². The van der Waals surface area contributed by atoms with Gasteiger partial charge in [0.1, 0.15) is 0 Å². The third-order valence-electron chi connectivity index (χ3n) is 4.91. The number of amides is 1. The second-order valence-corrected chi connectivity index (χ2v) is 6.61. The van der Waals surface area contributed by atoms with Crippen LogP contribution in [0.4, 0.5) is 0 Å². The summed E-state index contributed by atoms with van der Waals surface area (Å²) in [6.07, 6.45) is 0. The van der Waals surface area contributed by atoms with Crippen molar-refractivity contribution in [3.63, 3.8) is 0 Å². The van der Waals surface area contributed by atoms with E-state index >= 15 is 0 Å². The van der Waals surface area contributed by atoms with Gasteiger partial charge in [-0.25, -0.2) is 4.79 Å². The predicted octanol–water partition coefficient (Wildman–Crippen LogP) is 2.00. The maximum absolute atomic E-state index is 12.6. The first-order valence-electron chi connectivity index (χ1n) is 8.81. The number of nitrogens with one attached hydrogen (secondary N) is 1. The van der Waals surface area contributed by atoms with E-state index in [-0.39, 0.29) is 5.91 Å². The second kappa shape index (κ2) is 6.80. The molecule has 4 rings (SSSR count). The van der Waals surface area contributed by atoms with Crippen molar-refractivity contribution >= 4 is 17.0 Å². The molecule has 0 saturated carbocycles. The highest BCUT2D eigenvalue weighted by molar-refractivity contribution is 5.97.